The van der Waals surface area contributed by atoms with Gasteiger partial charge in [0.1, 0.15) is 12.0 Å². The van der Waals surface area contributed by atoms with E-state index in [4.69, 9.17) is 4.52 Å². The summed E-state index contributed by atoms with van der Waals surface area (Å²) in [7, 11) is 1.81. The molecule has 3 rings (SSSR count). The number of amides is 1. The van der Waals surface area contributed by atoms with Crippen molar-refractivity contribution in [3.8, 4) is 0 Å². The van der Waals surface area contributed by atoms with Gasteiger partial charge in [0.25, 0.3) is 5.56 Å². The third-order valence-corrected chi connectivity index (χ3v) is 7.35. The van der Waals surface area contributed by atoms with Crippen LogP contribution in [0.15, 0.2) is 50.3 Å². The number of β-amino-alcohol motifs (C(OH)–C–C–N with tert-alkyl or cyclic N) is 1. The van der Waals surface area contributed by atoms with E-state index < -0.39 is 12.1 Å². The molecular weight excluding hydrogens is 508 g/mol. The van der Waals surface area contributed by atoms with Gasteiger partial charge in [-0.05, 0) is 50.4 Å². The highest BCUT2D eigenvalue weighted by molar-refractivity contribution is 8.07. The quantitative estimate of drug-likeness (QED) is 0.263. The topological polar surface area (TPSA) is 148 Å². The molecular formula is C27H38N4O6S. The van der Waals surface area contributed by atoms with Crippen LogP contribution < -0.4 is 10.9 Å². The number of aldehydes is 1. The first-order valence-corrected chi connectivity index (χ1v) is 13.5. The van der Waals surface area contributed by atoms with Crippen LogP contribution in [0.3, 0.4) is 0 Å². The summed E-state index contributed by atoms with van der Waals surface area (Å²) in [4.78, 5) is 40.6. The monoisotopic (exact) mass is 546 g/mol. The van der Waals surface area contributed by atoms with Gasteiger partial charge < -0.3 is 24.8 Å². The van der Waals surface area contributed by atoms with Crippen molar-refractivity contribution in [3.63, 3.8) is 0 Å². The van der Waals surface area contributed by atoms with E-state index in [1.807, 2.05) is 63.2 Å². The number of likely N-dealkylation sites (tertiary alicyclic amines) is 1. The molecule has 1 aromatic heterocycles. The molecule has 0 saturated carbocycles. The van der Waals surface area contributed by atoms with Crippen molar-refractivity contribution >= 4 is 35.6 Å². The summed E-state index contributed by atoms with van der Waals surface area (Å²) in [6.45, 7) is 9.57. The Balaban J connectivity index is 0.000000352. The minimum absolute atomic E-state index is 0.140. The standard InChI is InChI=1S/C19H27N3O3S.C8H11NO3/c1-12(20-2)18(26-4)14-7-5-13(6-8-14)16(11-23)21-19(25)17-9-15(24)10-22(17)3;1-5(2)6(4-10)7-3-8(11)9-12-7/h5-8,15-17,23-24H,2,9-11H2,1,3-4H3,(H,21,25);3-6H,1-2H3,(H,9,11)/b18-12-;/t15-,16+,17+;/m1./s1. The summed E-state index contributed by atoms with van der Waals surface area (Å²) < 4.78 is 4.81. The lowest BCUT2D eigenvalue weighted by atomic mass is 9.95. The fourth-order valence-corrected chi connectivity index (χ4v) is 4.94. The number of allylic oxidation sites excluding steroid dienone is 1. The van der Waals surface area contributed by atoms with Crippen LogP contribution in [0.4, 0.5) is 0 Å². The zero-order valence-corrected chi connectivity index (χ0v) is 23.3. The lowest BCUT2D eigenvalue weighted by Gasteiger charge is -2.23. The molecule has 1 aliphatic rings. The molecule has 1 aromatic carbocycles. The Hall–Kier alpha value is -2.99. The number of likely N-dealkylation sites (N-methyl/N-ethyl adjacent to an activating group) is 1. The molecule has 1 amide bonds. The Labute approximate surface area is 227 Å². The summed E-state index contributed by atoms with van der Waals surface area (Å²) in [5, 5.41) is 24.5. The zero-order valence-electron chi connectivity index (χ0n) is 22.5. The largest absolute Gasteiger partial charge is 0.394 e. The van der Waals surface area contributed by atoms with Crippen LogP contribution in [0, 0.1) is 5.92 Å². The number of thioether (sulfide) groups is 1. The number of H-pyrrole nitrogens is 1. The van der Waals surface area contributed by atoms with E-state index in [-0.39, 0.29) is 36.0 Å². The molecule has 1 fully saturated rings. The zero-order chi connectivity index (χ0) is 28.4. The average molecular weight is 547 g/mol. The predicted molar refractivity (Wildman–Crippen MR) is 150 cm³/mol. The van der Waals surface area contributed by atoms with Gasteiger partial charge >= 0.3 is 0 Å². The van der Waals surface area contributed by atoms with Gasteiger partial charge in [0, 0.05) is 17.5 Å². The number of carbonyl (C=O) groups excluding carboxylic acids is 2. The van der Waals surface area contributed by atoms with Crippen molar-refractivity contribution in [2.45, 2.75) is 51.3 Å². The maximum absolute atomic E-state index is 12.5. The lowest BCUT2D eigenvalue weighted by Crippen LogP contribution is -2.43. The normalized spacial score (nSPS) is 19.7. The van der Waals surface area contributed by atoms with Gasteiger partial charge in [-0.2, -0.15) is 5.16 Å². The Morgan fingerprint density at radius 1 is 1.37 bits per heavy atom. The fraction of sp³-hybridized carbons (Fsp3) is 0.481. The van der Waals surface area contributed by atoms with Gasteiger partial charge in [-0.3, -0.25) is 19.5 Å². The molecule has 38 heavy (non-hydrogen) atoms. The molecule has 0 bridgehead atoms. The van der Waals surface area contributed by atoms with Crippen molar-refractivity contribution in [1.82, 2.24) is 15.4 Å². The number of hydrogen-bond acceptors (Lipinski definition) is 9. The van der Waals surface area contributed by atoms with E-state index in [2.05, 4.69) is 22.2 Å². The number of nitrogens with zero attached hydrogens (tertiary/aromatic N) is 2. The Morgan fingerprint density at radius 3 is 2.45 bits per heavy atom. The van der Waals surface area contributed by atoms with Gasteiger partial charge in [0.2, 0.25) is 5.91 Å². The van der Waals surface area contributed by atoms with Crippen LogP contribution >= 0.6 is 11.8 Å². The third kappa shape index (κ3) is 8.26. The molecule has 1 saturated heterocycles. The number of carbonyl (C=O) groups is 2. The van der Waals surface area contributed by atoms with E-state index in [0.29, 0.717) is 18.7 Å². The van der Waals surface area contributed by atoms with Crippen molar-refractivity contribution < 1.29 is 24.3 Å². The molecule has 0 spiro atoms. The molecule has 1 unspecified atom stereocenters. The predicted octanol–water partition coefficient (Wildman–Crippen LogP) is 2.56. The average Bonchev–Trinajstić information content (AvgIpc) is 3.47. The summed E-state index contributed by atoms with van der Waals surface area (Å²) in [5.41, 5.74) is 2.40. The van der Waals surface area contributed by atoms with Gasteiger partial charge in [0.05, 0.1) is 36.4 Å². The highest BCUT2D eigenvalue weighted by atomic mass is 32.2. The summed E-state index contributed by atoms with van der Waals surface area (Å²) in [6.07, 6.45) is 2.70. The number of aromatic nitrogens is 1. The van der Waals surface area contributed by atoms with E-state index in [1.165, 1.54) is 6.07 Å². The van der Waals surface area contributed by atoms with Crippen LogP contribution in [-0.2, 0) is 9.59 Å². The van der Waals surface area contributed by atoms with Crippen LogP contribution in [0.2, 0.25) is 0 Å². The summed E-state index contributed by atoms with van der Waals surface area (Å²) in [6, 6.07) is 8.16. The molecule has 2 heterocycles. The first-order valence-electron chi connectivity index (χ1n) is 12.3. The minimum atomic E-state index is -0.485. The van der Waals surface area contributed by atoms with E-state index in [1.54, 1.807) is 11.8 Å². The van der Waals surface area contributed by atoms with Crippen molar-refractivity contribution in [2.24, 2.45) is 10.9 Å². The molecule has 11 heteroatoms. The van der Waals surface area contributed by atoms with Crippen LogP contribution in [-0.4, -0.2) is 77.8 Å². The van der Waals surface area contributed by atoms with Crippen LogP contribution in [0.5, 0.6) is 0 Å². The molecule has 4 N–H and O–H groups in total. The van der Waals surface area contributed by atoms with Gasteiger partial charge in [-0.25, -0.2) is 0 Å². The number of aromatic amines is 1. The van der Waals surface area contributed by atoms with Crippen molar-refractivity contribution in [3.05, 3.63) is 63.3 Å². The number of benzene rings is 1. The molecule has 208 valence electrons. The number of hydrogen-bond donors (Lipinski definition) is 4. The molecule has 1 aliphatic heterocycles. The van der Waals surface area contributed by atoms with Crippen molar-refractivity contribution in [1.29, 1.82) is 0 Å². The maximum Gasteiger partial charge on any atom is 0.280 e. The molecule has 0 aliphatic carbocycles. The van der Waals surface area contributed by atoms with E-state index in [9.17, 15) is 24.6 Å². The molecule has 4 atom stereocenters. The second-order valence-corrected chi connectivity index (χ2v) is 10.3. The first kappa shape index (κ1) is 31.2. The minimum Gasteiger partial charge on any atom is -0.394 e. The van der Waals surface area contributed by atoms with Gasteiger partial charge in [0.15, 0.2) is 0 Å². The number of aliphatic hydroxyl groups is 2. The lowest BCUT2D eigenvalue weighted by molar-refractivity contribution is -0.126. The summed E-state index contributed by atoms with van der Waals surface area (Å²) in [5.74, 6) is 0.0407. The van der Waals surface area contributed by atoms with Gasteiger partial charge in [-0.15, -0.1) is 11.8 Å². The third-order valence-electron chi connectivity index (χ3n) is 6.41. The Kier molecular flexibility index (Phi) is 12.2. The van der Waals surface area contributed by atoms with E-state index in [0.717, 1.165) is 28.0 Å². The Bertz CT molecular complexity index is 1160. The van der Waals surface area contributed by atoms with Crippen molar-refractivity contribution in [2.75, 3.05) is 26.5 Å². The van der Waals surface area contributed by atoms with E-state index >= 15 is 0 Å². The SMILES string of the molecule is C=N/C(C)=C(\SC)c1ccc([C@H](CO)NC(=O)[C@@H]2C[C@@H](O)CN2C)cc1.CC(C)C(C=O)c1cc(=O)[nH]o1. The fourth-order valence-electron chi connectivity index (χ4n) is 4.21. The molecule has 2 aromatic rings. The number of nitrogens with one attached hydrogen (secondary N) is 2. The Morgan fingerprint density at radius 2 is 2.03 bits per heavy atom. The highest BCUT2D eigenvalue weighted by Crippen LogP contribution is 2.30. The number of aliphatic imine (C=N–C) groups is 1. The van der Waals surface area contributed by atoms with Crippen LogP contribution in [0.1, 0.15) is 56.0 Å². The number of aliphatic hydroxyl groups excluding tert-OH is 2. The van der Waals surface area contributed by atoms with Crippen LogP contribution in [0.25, 0.3) is 4.91 Å². The highest BCUT2D eigenvalue weighted by Gasteiger charge is 2.34. The second kappa shape index (κ2) is 14.8. The molecule has 0 radical (unpaired) electrons. The smallest absolute Gasteiger partial charge is 0.280 e. The van der Waals surface area contributed by atoms with Gasteiger partial charge in [-0.1, -0.05) is 38.1 Å². The first-order chi connectivity index (χ1) is 18.1. The summed E-state index contributed by atoms with van der Waals surface area (Å²) >= 11 is 1.60. The number of rotatable bonds is 10. The second-order valence-electron chi connectivity index (χ2n) is 9.51. The molecule has 10 nitrogen and oxygen atoms in total. The maximum atomic E-state index is 12.5.